The SMILES string of the molecule is COC(=O)c1c(NC(C)(C)C)oc(-c2coc3ccc(C(C)C)cc3c2=O)c1C(=O)OC. The number of fused-ring (bicyclic) bond motifs is 1. The standard InChI is InChI=1S/C24H27NO7/c1-12(2)13-8-9-16-14(10-13)19(26)15(11-31-16)20-17(22(27)29-6)18(23(28)30-7)21(32-20)25-24(3,4)5/h8-12,25H,1-7H3. The first-order valence-electron chi connectivity index (χ1n) is 10.2. The maximum atomic E-state index is 13.4. The molecule has 0 aliphatic heterocycles. The molecular formula is C24H27NO7. The van der Waals surface area contributed by atoms with Gasteiger partial charge in [-0.1, -0.05) is 19.9 Å². The van der Waals surface area contributed by atoms with Gasteiger partial charge in [0.15, 0.2) is 5.76 Å². The van der Waals surface area contributed by atoms with Gasteiger partial charge in [-0.2, -0.15) is 0 Å². The van der Waals surface area contributed by atoms with Crippen molar-refractivity contribution in [2.24, 2.45) is 0 Å². The number of hydrogen-bond acceptors (Lipinski definition) is 8. The Labute approximate surface area is 185 Å². The molecule has 2 heterocycles. The Hall–Kier alpha value is -3.55. The van der Waals surface area contributed by atoms with Gasteiger partial charge in [-0.15, -0.1) is 0 Å². The topological polar surface area (TPSA) is 108 Å². The molecule has 0 aliphatic rings. The molecule has 8 heteroatoms. The van der Waals surface area contributed by atoms with Crippen LogP contribution in [0.4, 0.5) is 5.88 Å². The number of methoxy groups -OCH3 is 2. The van der Waals surface area contributed by atoms with E-state index in [0.29, 0.717) is 11.0 Å². The molecule has 0 aliphatic carbocycles. The summed E-state index contributed by atoms with van der Waals surface area (Å²) in [6.07, 6.45) is 1.22. The molecule has 0 amide bonds. The number of nitrogens with one attached hydrogen (secondary N) is 1. The molecule has 0 spiro atoms. The van der Waals surface area contributed by atoms with Gasteiger partial charge in [0.2, 0.25) is 11.3 Å². The average Bonchev–Trinajstić information content (AvgIpc) is 3.09. The van der Waals surface area contributed by atoms with E-state index in [9.17, 15) is 14.4 Å². The summed E-state index contributed by atoms with van der Waals surface area (Å²) in [6, 6.07) is 5.38. The van der Waals surface area contributed by atoms with Gasteiger partial charge in [-0.05, 0) is 44.4 Å². The molecule has 1 aromatic carbocycles. The van der Waals surface area contributed by atoms with Crippen molar-refractivity contribution in [3.8, 4) is 11.3 Å². The van der Waals surface area contributed by atoms with Crippen molar-refractivity contribution in [2.45, 2.75) is 46.1 Å². The third-order valence-corrected chi connectivity index (χ3v) is 4.88. The molecule has 170 valence electrons. The number of rotatable bonds is 5. The molecule has 0 radical (unpaired) electrons. The summed E-state index contributed by atoms with van der Waals surface area (Å²) >= 11 is 0. The molecule has 0 bridgehead atoms. The smallest absolute Gasteiger partial charge is 0.344 e. The van der Waals surface area contributed by atoms with Crippen molar-refractivity contribution in [3.63, 3.8) is 0 Å². The fraction of sp³-hybridized carbons (Fsp3) is 0.375. The van der Waals surface area contributed by atoms with E-state index in [2.05, 4.69) is 5.32 Å². The highest BCUT2D eigenvalue weighted by molar-refractivity contribution is 6.10. The lowest BCUT2D eigenvalue weighted by Crippen LogP contribution is -2.27. The summed E-state index contributed by atoms with van der Waals surface area (Å²) in [5.41, 5.74) is 0.0659. The number of esters is 2. The fourth-order valence-corrected chi connectivity index (χ4v) is 3.31. The van der Waals surface area contributed by atoms with Gasteiger partial charge in [0.25, 0.3) is 0 Å². The first-order valence-corrected chi connectivity index (χ1v) is 10.2. The van der Waals surface area contributed by atoms with E-state index >= 15 is 0 Å². The minimum atomic E-state index is -0.846. The molecule has 0 saturated carbocycles. The van der Waals surface area contributed by atoms with Gasteiger partial charge < -0.3 is 23.6 Å². The Morgan fingerprint density at radius 2 is 1.66 bits per heavy atom. The average molecular weight is 441 g/mol. The van der Waals surface area contributed by atoms with Gasteiger partial charge in [-0.25, -0.2) is 9.59 Å². The molecule has 0 fully saturated rings. The van der Waals surface area contributed by atoms with Crippen molar-refractivity contribution in [1.82, 2.24) is 0 Å². The molecule has 0 unspecified atom stereocenters. The van der Waals surface area contributed by atoms with Gasteiger partial charge in [0, 0.05) is 5.54 Å². The third kappa shape index (κ3) is 4.26. The Bertz CT molecular complexity index is 1240. The maximum Gasteiger partial charge on any atom is 0.344 e. The highest BCUT2D eigenvalue weighted by Crippen LogP contribution is 2.37. The van der Waals surface area contributed by atoms with Crippen LogP contribution in [0, 0.1) is 0 Å². The van der Waals surface area contributed by atoms with Crippen LogP contribution in [0.3, 0.4) is 0 Å². The van der Waals surface area contributed by atoms with Crippen LogP contribution in [0.5, 0.6) is 0 Å². The van der Waals surface area contributed by atoms with E-state index in [0.717, 1.165) is 5.56 Å². The number of carbonyl (C=O) groups excluding carboxylic acids is 2. The Kier molecular flexibility index (Phi) is 6.16. The van der Waals surface area contributed by atoms with Crippen LogP contribution < -0.4 is 10.7 Å². The number of anilines is 1. The van der Waals surface area contributed by atoms with E-state index in [1.165, 1.54) is 20.5 Å². The maximum absolute atomic E-state index is 13.4. The van der Waals surface area contributed by atoms with Gasteiger partial charge in [0.05, 0.1) is 19.6 Å². The summed E-state index contributed by atoms with van der Waals surface area (Å²) in [5.74, 6) is -1.59. The van der Waals surface area contributed by atoms with Crippen LogP contribution in [0.15, 0.2) is 38.1 Å². The van der Waals surface area contributed by atoms with Gasteiger partial charge >= 0.3 is 11.9 Å². The van der Waals surface area contributed by atoms with Crippen LogP contribution in [0.25, 0.3) is 22.3 Å². The molecule has 2 aromatic heterocycles. The number of carbonyl (C=O) groups is 2. The first kappa shape index (κ1) is 23.1. The lowest BCUT2D eigenvalue weighted by Gasteiger charge is -2.20. The zero-order valence-corrected chi connectivity index (χ0v) is 19.2. The van der Waals surface area contributed by atoms with Crippen LogP contribution in [0.1, 0.15) is 66.8 Å². The summed E-state index contributed by atoms with van der Waals surface area (Å²) in [5, 5.41) is 3.39. The second-order valence-electron chi connectivity index (χ2n) is 8.76. The number of benzene rings is 1. The molecule has 8 nitrogen and oxygen atoms in total. The highest BCUT2D eigenvalue weighted by atomic mass is 16.5. The lowest BCUT2D eigenvalue weighted by atomic mass is 9.99. The molecule has 1 N–H and O–H groups in total. The van der Waals surface area contributed by atoms with E-state index in [4.69, 9.17) is 18.3 Å². The molecule has 32 heavy (non-hydrogen) atoms. The normalized spacial score (nSPS) is 11.6. The first-order chi connectivity index (χ1) is 15.0. The van der Waals surface area contributed by atoms with Crippen molar-refractivity contribution < 1.29 is 27.9 Å². The van der Waals surface area contributed by atoms with E-state index in [1.54, 1.807) is 12.1 Å². The zero-order chi connectivity index (χ0) is 23.8. The second-order valence-corrected chi connectivity index (χ2v) is 8.76. The van der Waals surface area contributed by atoms with Crippen molar-refractivity contribution >= 4 is 28.8 Å². The van der Waals surface area contributed by atoms with Gasteiger partial charge in [-0.3, -0.25) is 4.79 Å². The lowest BCUT2D eigenvalue weighted by molar-refractivity contribution is 0.0558. The summed E-state index contributed by atoms with van der Waals surface area (Å²) in [6.45, 7) is 9.59. The Morgan fingerprint density at radius 1 is 1.03 bits per heavy atom. The second kappa shape index (κ2) is 8.53. The number of furan rings is 1. The Morgan fingerprint density at radius 3 is 2.22 bits per heavy atom. The molecular weight excluding hydrogens is 414 g/mol. The summed E-state index contributed by atoms with van der Waals surface area (Å²) in [4.78, 5) is 38.7. The van der Waals surface area contributed by atoms with E-state index in [-0.39, 0.29) is 34.3 Å². The van der Waals surface area contributed by atoms with E-state index < -0.39 is 22.9 Å². The summed E-state index contributed by atoms with van der Waals surface area (Å²) in [7, 11) is 2.36. The quantitative estimate of drug-likeness (QED) is 0.554. The predicted molar refractivity (Wildman–Crippen MR) is 120 cm³/mol. The minimum Gasteiger partial charge on any atom is -0.465 e. The van der Waals surface area contributed by atoms with Crippen LogP contribution in [0.2, 0.25) is 0 Å². The van der Waals surface area contributed by atoms with Crippen molar-refractivity contribution in [1.29, 1.82) is 0 Å². The zero-order valence-electron chi connectivity index (χ0n) is 19.2. The highest BCUT2D eigenvalue weighted by Gasteiger charge is 2.35. The summed E-state index contributed by atoms with van der Waals surface area (Å²) < 4.78 is 21.3. The molecule has 3 aromatic rings. The van der Waals surface area contributed by atoms with Crippen LogP contribution >= 0.6 is 0 Å². The van der Waals surface area contributed by atoms with E-state index in [1.807, 2.05) is 40.7 Å². The predicted octanol–water partition coefficient (Wildman–Crippen LogP) is 4.96. The number of ether oxygens (including phenoxy) is 2. The number of hydrogen-bond donors (Lipinski definition) is 1. The minimum absolute atomic E-state index is 0.00446. The third-order valence-electron chi connectivity index (χ3n) is 4.88. The fourth-order valence-electron chi connectivity index (χ4n) is 3.31. The monoisotopic (exact) mass is 441 g/mol. The van der Waals surface area contributed by atoms with Crippen LogP contribution in [-0.2, 0) is 9.47 Å². The molecule has 0 saturated heterocycles. The molecule has 3 rings (SSSR count). The Balaban J connectivity index is 2.37. The van der Waals surface area contributed by atoms with Crippen LogP contribution in [-0.4, -0.2) is 31.7 Å². The van der Waals surface area contributed by atoms with Gasteiger partial charge in [0.1, 0.15) is 28.5 Å². The van der Waals surface area contributed by atoms with Crippen molar-refractivity contribution in [3.05, 3.63) is 51.4 Å². The largest absolute Gasteiger partial charge is 0.465 e. The van der Waals surface area contributed by atoms with Crippen molar-refractivity contribution in [2.75, 3.05) is 19.5 Å². The molecule has 0 atom stereocenters.